The van der Waals surface area contributed by atoms with E-state index >= 15 is 0 Å². The number of rotatable bonds is 4. The Bertz CT molecular complexity index is 955. The third-order valence-corrected chi connectivity index (χ3v) is 5.52. The van der Waals surface area contributed by atoms with Crippen molar-refractivity contribution in [3.63, 3.8) is 0 Å². The molecule has 2 heterocycles. The minimum absolute atomic E-state index is 0.0547. The lowest BCUT2D eigenvalue weighted by Crippen LogP contribution is -2.49. The molecule has 0 spiro atoms. The van der Waals surface area contributed by atoms with Crippen molar-refractivity contribution in [3.05, 3.63) is 53.3 Å². The largest absolute Gasteiger partial charge is 0.431 e. The number of anilines is 1. The van der Waals surface area contributed by atoms with Gasteiger partial charge in [0.15, 0.2) is 5.58 Å². The lowest BCUT2D eigenvalue weighted by Gasteiger charge is -2.36. The minimum atomic E-state index is -0.244. The summed E-state index contributed by atoms with van der Waals surface area (Å²) in [5.74, 6) is 0.0852. The number of piperazine rings is 1. The Balaban J connectivity index is 1.30. The first-order valence-corrected chi connectivity index (χ1v) is 9.92. The molecule has 0 saturated carbocycles. The van der Waals surface area contributed by atoms with Crippen molar-refractivity contribution in [2.24, 2.45) is 0 Å². The second-order valence-electron chi connectivity index (χ2n) is 6.22. The van der Waals surface area contributed by atoms with Gasteiger partial charge in [-0.2, -0.15) is 0 Å². The van der Waals surface area contributed by atoms with Crippen LogP contribution in [0.2, 0.25) is 5.02 Å². The number of carbonyl (C=O) groups is 1. The van der Waals surface area contributed by atoms with Gasteiger partial charge in [0.1, 0.15) is 11.3 Å². The van der Waals surface area contributed by atoms with Crippen LogP contribution in [0.4, 0.5) is 10.1 Å². The zero-order valence-electron chi connectivity index (χ0n) is 14.4. The summed E-state index contributed by atoms with van der Waals surface area (Å²) in [6.45, 7) is 2.73. The number of amides is 1. The van der Waals surface area contributed by atoms with E-state index in [-0.39, 0.29) is 17.5 Å². The summed E-state index contributed by atoms with van der Waals surface area (Å²) in [7, 11) is 0. The average molecular weight is 406 g/mol. The summed E-state index contributed by atoms with van der Waals surface area (Å²) in [5, 5.41) is 1.05. The number of oxazole rings is 1. The fourth-order valence-electron chi connectivity index (χ4n) is 3.02. The molecule has 0 unspecified atom stereocenters. The van der Waals surface area contributed by atoms with E-state index < -0.39 is 0 Å². The number of hydrogen-bond acceptors (Lipinski definition) is 5. The fourth-order valence-corrected chi connectivity index (χ4v) is 3.92. The molecule has 140 valence electrons. The Kier molecular flexibility index (Phi) is 5.22. The summed E-state index contributed by atoms with van der Waals surface area (Å²) >= 11 is 7.23. The molecule has 8 heteroatoms. The van der Waals surface area contributed by atoms with Gasteiger partial charge in [0.2, 0.25) is 5.91 Å². The Morgan fingerprint density at radius 3 is 2.63 bits per heavy atom. The van der Waals surface area contributed by atoms with Gasteiger partial charge in [-0.05, 0) is 36.4 Å². The minimum Gasteiger partial charge on any atom is -0.431 e. The molecule has 4 rings (SSSR count). The summed E-state index contributed by atoms with van der Waals surface area (Å²) in [6.07, 6.45) is 0. The average Bonchev–Trinajstić information content (AvgIpc) is 3.09. The summed E-state index contributed by atoms with van der Waals surface area (Å²) in [6, 6.07) is 11.7. The second kappa shape index (κ2) is 7.78. The Labute approximate surface area is 165 Å². The molecule has 1 aliphatic heterocycles. The van der Waals surface area contributed by atoms with Gasteiger partial charge in [-0.15, -0.1) is 0 Å². The van der Waals surface area contributed by atoms with Crippen molar-refractivity contribution in [2.75, 3.05) is 36.8 Å². The third-order valence-electron chi connectivity index (χ3n) is 4.47. The SMILES string of the molecule is O=C(CSc1nc2ccc(Cl)cc2o1)N1CCN(c2ccc(F)cc2)CC1. The molecule has 0 bridgehead atoms. The molecule has 1 amide bonds. The number of fused-ring (bicyclic) bond motifs is 1. The van der Waals surface area contributed by atoms with E-state index in [2.05, 4.69) is 9.88 Å². The molecule has 0 atom stereocenters. The van der Waals surface area contributed by atoms with Crippen molar-refractivity contribution in [3.8, 4) is 0 Å². The van der Waals surface area contributed by atoms with Gasteiger partial charge in [-0.1, -0.05) is 23.4 Å². The molecular weight excluding hydrogens is 389 g/mol. The number of nitrogens with zero attached hydrogens (tertiary/aromatic N) is 3. The van der Waals surface area contributed by atoms with Crippen molar-refractivity contribution < 1.29 is 13.6 Å². The van der Waals surface area contributed by atoms with E-state index in [1.54, 1.807) is 30.3 Å². The van der Waals surface area contributed by atoms with E-state index in [1.165, 1.54) is 23.9 Å². The number of benzene rings is 2. The van der Waals surface area contributed by atoms with Gasteiger partial charge >= 0.3 is 0 Å². The lowest BCUT2D eigenvalue weighted by molar-refractivity contribution is -0.128. The molecular formula is C19H17ClFN3O2S. The van der Waals surface area contributed by atoms with E-state index in [9.17, 15) is 9.18 Å². The third kappa shape index (κ3) is 4.20. The zero-order valence-corrected chi connectivity index (χ0v) is 16.0. The van der Waals surface area contributed by atoms with Gasteiger partial charge in [0, 0.05) is 43.0 Å². The van der Waals surface area contributed by atoms with Gasteiger partial charge in [-0.25, -0.2) is 9.37 Å². The second-order valence-corrected chi connectivity index (χ2v) is 7.59. The van der Waals surface area contributed by atoms with Gasteiger partial charge in [0.05, 0.1) is 5.75 Å². The summed E-state index contributed by atoms with van der Waals surface area (Å²) in [5.41, 5.74) is 2.32. The van der Waals surface area contributed by atoms with E-state index in [4.69, 9.17) is 16.0 Å². The predicted octanol–water partition coefficient (Wildman–Crippen LogP) is 4.06. The van der Waals surface area contributed by atoms with Crippen molar-refractivity contribution in [2.45, 2.75) is 5.22 Å². The highest BCUT2D eigenvalue weighted by atomic mass is 35.5. The monoisotopic (exact) mass is 405 g/mol. The first-order valence-electron chi connectivity index (χ1n) is 8.56. The standard InChI is InChI=1S/C19H17ClFN3O2S/c20-13-1-6-16-17(11-13)26-19(22-16)27-12-18(25)24-9-7-23(8-10-24)15-4-2-14(21)3-5-15/h1-6,11H,7-10,12H2. The van der Waals surface area contributed by atoms with Crippen LogP contribution < -0.4 is 4.90 Å². The number of halogens is 2. The number of hydrogen-bond donors (Lipinski definition) is 0. The van der Waals surface area contributed by atoms with Crippen LogP contribution in [0.15, 0.2) is 52.1 Å². The molecule has 0 N–H and O–H groups in total. The molecule has 1 aromatic heterocycles. The molecule has 0 aliphatic carbocycles. The summed E-state index contributed by atoms with van der Waals surface area (Å²) in [4.78, 5) is 20.8. The van der Waals surface area contributed by atoms with Gasteiger partial charge < -0.3 is 14.2 Å². The van der Waals surface area contributed by atoms with Crippen LogP contribution in [-0.4, -0.2) is 47.7 Å². The van der Waals surface area contributed by atoms with Gasteiger partial charge in [-0.3, -0.25) is 4.79 Å². The van der Waals surface area contributed by atoms with Crippen LogP contribution in [0.1, 0.15) is 0 Å². The molecule has 1 fully saturated rings. The summed E-state index contributed by atoms with van der Waals surface area (Å²) < 4.78 is 18.7. The highest BCUT2D eigenvalue weighted by Gasteiger charge is 2.22. The van der Waals surface area contributed by atoms with Crippen molar-refractivity contribution >= 4 is 46.1 Å². The molecule has 27 heavy (non-hydrogen) atoms. The maximum atomic E-state index is 13.0. The normalized spacial score (nSPS) is 14.7. The quantitative estimate of drug-likeness (QED) is 0.612. The maximum absolute atomic E-state index is 13.0. The van der Waals surface area contributed by atoms with E-state index in [1.807, 2.05) is 4.90 Å². The number of thioether (sulfide) groups is 1. The first kappa shape index (κ1) is 18.1. The first-order chi connectivity index (χ1) is 13.1. The lowest BCUT2D eigenvalue weighted by atomic mass is 10.2. The van der Waals surface area contributed by atoms with Crippen LogP contribution in [0, 0.1) is 5.82 Å². The Hall–Kier alpha value is -2.25. The zero-order chi connectivity index (χ0) is 18.8. The van der Waals surface area contributed by atoms with Gasteiger partial charge in [0.25, 0.3) is 5.22 Å². The number of aromatic nitrogens is 1. The van der Waals surface area contributed by atoms with Crippen LogP contribution in [-0.2, 0) is 4.79 Å². The topological polar surface area (TPSA) is 49.6 Å². The Morgan fingerprint density at radius 2 is 1.89 bits per heavy atom. The maximum Gasteiger partial charge on any atom is 0.257 e. The predicted molar refractivity (Wildman–Crippen MR) is 105 cm³/mol. The number of carbonyl (C=O) groups excluding carboxylic acids is 1. The van der Waals surface area contributed by atoms with Crippen molar-refractivity contribution in [1.29, 1.82) is 0 Å². The smallest absolute Gasteiger partial charge is 0.257 e. The van der Waals surface area contributed by atoms with E-state index in [0.29, 0.717) is 28.9 Å². The van der Waals surface area contributed by atoms with E-state index in [0.717, 1.165) is 24.3 Å². The van der Waals surface area contributed by atoms with Crippen LogP contribution in [0.3, 0.4) is 0 Å². The molecule has 5 nitrogen and oxygen atoms in total. The van der Waals surface area contributed by atoms with Crippen LogP contribution >= 0.6 is 23.4 Å². The highest BCUT2D eigenvalue weighted by Crippen LogP contribution is 2.26. The molecule has 1 saturated heterocycles. The molecule has 3 aromatic rings. The highest BCUT2D eigenvalue weighted by molar-refractivity contribution is 7.99. The van der Waals surface area contributed by atoms with Crippen molar-refractivity contribution in [1.82, 2.24) is 9.88 Å². The Morgan fingerprint density at radius 1 is 1.15 bits per heavy atom. The molecule has 2 aromatic carbocycles. The fraction of sp³-hybridized carbons (Fsp3) is 0.263. The molecule has 0 radical (unpaired) electrons. The molecule has 1 aliphatic rings. The van der Waals surface area contributed by atoms with Crippen LogP contribution in [0.25, 0.3) is 11.1 Å². The van der Waals surface area contributed by atoms with Crippen LogP contribution in [0.5, 0.6) is 0 Å².